The Morgan fingerprint density at radius 2 is 1.95 bits per heavy atom. The molecular formula is C12H14N4O3S. The van der Waals surface area contributed by atoms with Crippen molar-refractivity contribution in [2.45, 2.75) is 43.9 Å². The topological polar surface area (TPSA) is 102 Å². The molecule has 0 aliphatic rings. The summed E-state index contributed by atoms with van der Waals surface area (Å²) < 4.78 is 5.23. The Kier molecular flexibility index (Phi) is 4.33. The number of aryl methyl sites for hydroxylation is 2. The monoisotopic (exact) mass is 294 g/mol. The third kappa shape index (κ3) is 2.79. The molecule has 0 saturated heterocycles. The zero-order valence-corrected chi connectivity index (χ0v) is 12.2. The Labute approximate surface area is 119 Å². The van der Waals surface area contributed by atoms with E-state index in [-0.39, 0.29) is 15.8 Å². The molecule has 0 aliphatic carbocycles. The van der Waals surface area contributed by atoms with E-state index in [1.807, 2.05) is 13.8 Å². The lowest BCUT2D eigenvalue weighted by molar-refractivity contribution is 0.0690. The van der Waals surface area contributed by atoms with Crippen LogP contribution in [0.4, 0.5) is 0 Å². The molecule has 8 heteroatoms. The molecule has 0 radical (unpaired) electrons. The van der Waals surface area contributed by atoms with E-state index in [1.54, 1.807) is 6.92 Å². The molecule has 0 spiro atoms. The molecule has 0 atom stereocenters. The number of carboxylic acid groups (broad SMARTS) is 1. The van der Waals surface area contributed by atoms with Crippen LogP contribution in [0.25, 0.3) is 0 Å². The van der Waals surface area contributed by atoms with Gasteiger partial charge in [-0.1, -0.05) is 13.8 Å². The lowest BCUT2D eigenvalue weighted by Crippen LogP contribution is -2.11. The molecule has 2 heterocycles. The highest BCUT2D eigenvalue weighted by Gasteiger charge is 2.22. The van der Waals surface area contributed by atoms with E-state index >= 15 is 0 Å². The van der Waals surface area contributed by atoms with Crippen LogP contribution < -0.4 is 0 Å². The highest BCUT2D eigenvalue weighted by molar-refractivity contribution is 7.99. The SMILES string of the molecule is CCc1nnc(Sc2nnc(C)o2)c(C(=O)O)c1CC. The van der Waals surface area contributed by atoms with Gasteiger partial charge in [0.1, 0.15) is 5.03 Å². The number of aromatic carboxylic acids is 1. The van der Waals surface area contributed by atoms with Crippen molar-refractivity contribution in [3.8, 4) is 0 Å². The van der Waals surface area contributed by atoms with Crippen LogP contribution in [0.15, 0.2) is 14.7 Å². The minimum absolute atomic E-state index is 0.167. The first-order chi connectivity index (χ1) is 9.56. The van der Waals surface area contributed by atoms with Crippen LogP contribution in [0, 0.1) is 6.92 Å². The molecular weight excluding hydrogens is 280 g/mol. The second-order valence-corrected chi connectivity index (χ2v) is 4.95. The molecule has 0 aliphatic heterocycles. The maximum absolute atomic E-state index is 11.5. The predicted molar refractivity (Wildman–Crippen MR) is 70.9 cm³/mol. The van der Waals surface area contributed by atoms with Gasteiger partial charge in [-0.15, -0.1) is 15.3 Å². The van der Waals surface area contributed by atoms with Crippen LogP contribution >= 0.6 is 11.8 Å². The fourth-order valence-corrected chi connectivity index (χ4v) is 2.65. The molecule has 0 amide bonds. The lowest BCUT2D eigenvalue weighted by Gasteiger charge is -2.10. The minimum Gasteiger partial charge on any atom is -0.478 e. The highest BCUT2D eigenvalue weighted by Crippen LogP contribution is 2.30. The zero-order chi connectivity index (χ0) is 14.7. The van der Waals surface area contributed by atoms with E-state index in [9.17, 15) is 9.90 Å². The molecule has 1 N–H and O–H groups in total. The molecule has 0 saturated carbocycles. The van der Waals surface area contributed by atoms with E-state index in [0.717, 1.165) is 11.8 Å². The van der Waals surface area contributed by atoms with Crippen LogP contribution in [0.2, 0.25) is 0 Å². The van der Waals surface area contributed by atoms with Crippen molar-refractivity contribution in [2.75, 3.05) is 0 Å². The molecule has 7 nitrogen and oxygen atoms in total. The maximum Gasteiger partial charge on any atom is 0.338 e. The summed E-state index contributed by atoms with van der Waals surface area (Å²) in [4.78, 5) is 11.5. The van der Waals surface area contributed by atoms with Crippen molar-refractivity contribution in [1.82, 2.24) is 20.4 Å². The van der Waals surface area contributed by atoms with Crippen LogP contribution in [-0.4, -0.2) is 31.5 Å². The second-order valence-electron chi connectivity index (χ2n) is 4.01. The number of nitrogens with zero attached hydrogens (tertiary/aromatic N) is 4. The van der Waals surface area contributed by atoms with Crippen LogP contribution in [0.1, 0.15) is 41.4 Å². The van der Waals surface area contributed by atoms with Crippen molar-refractivity contribution in [3.63, 3.8) is 0 Å². The van der Waals surface area contributed by atoms with Crippen LogP contribution in [0.3, 0.4) is 0 Å². The van der Waals surface area contributed by atoms with Crippen molar-refractivity contribution >= 4 is 17.7 Å². The van der Waals surface area contributed by atoms with Gasteiger partial charge in [-0.2, -0.15) is 5.10 Å². The summed E-state index contributed by atoms with van der Waals surface area (Å²) in [7, 11) is 0. The number of rotatable bonds is 5. The van der Waals surface area contributed by atoms with E-state index in [0.29, 0.717) is 30.0 Å². The first-order valence-corrected chi connectivity index (χ1v) is 6.98. The molecule has 20 heavy (non-hydrogen) atoms. The quantitative estimate of drug-likeness (QED) is 0.894. The Morgan fingerprint density at radius 3 is 2.45 bits per heavy atom. The summed E-state index contributed by atoms with van der Waals surface area (Å²) >= 11 is 1.02. The number of hydrogen-bond donors (Lipinski definition) is 1. The average molecular weight is 294 g/mol. The summed E-state index contributed by atoms with van der Waals surface area (Å²) in [6, 6.07) is 0. The van der Waals surface area contributed by atoms with Gasteiger partial charge < -0.3 is 9.52 Å². The van der Waals surface area contributed by atoms with Crippen molar-refractivity contribution in [3.05, 3.63) is 22.7 Å². The van der Waals surface area contributed by atoms with Crippen molar-refractivity contribution < 1.29 is 14.3 Å². The van der Waals surface area contributed by atoms with E-state index in [2.05, 4.69) is 20.4 Å². The minimum atomic E-state index is -1.02. The standard InChI is InChI=1S/C12H14N4O3S/c1-4-7-8(5-2)14-15-10(9(7)11(17)18)20-12-16-13-6(3)19-12/h4-5H2,1-3H3,(H,17,18). The Morgan fingerprint density at radius 1 is 1.20 bits per heavy atom. The molecule has 2 rings (SSSR count). The predicted octanol–water partition coefficient (Wildman–Crippen LogP) is 2.14. The molecule has 106 valence electrons. The van der Waals surface area contributed by atoms with Crippen LogP contribution in [-0.2, 0) is 12.8 Å². The van der Waals surface area contributed by atoms with E-state index in [4.69, 9.17) is 4.42 Å². The second kappa shape index (κ2) is 6.00. The largest absolute Gasteiger partial charge is 0.478 e. The number of carbonyl (C=O) groups is 1. The first-order valence-electron chi connectivity index (χ1n) is 6.16. The number of aromatic nitrogens is 4. The lowest BCUT2D eigenvalue weighted by atomic mass is 10.0. The van der Waals surface area contributed by atoms with Gasteiger partial charge in [-0.25, -0.2) is 4.79 Å². The van der Waals surface area contributed by atoms with E-state index < -0.39 is 5.97 Å². The third-order valence-corrected chi connectivity index (χ3v) is 3.54. The third-order valence-electron chi connectivity index (χ3n) is 2.72. The molecule has 2 aromatic rings. The normalized spacial score (nSPS) is 10.8. The van der Waals surface area contributed by atoms with Gasteiger partial charge >= 0.3 is 5.97 Å². The van der Waals surface area contributed by atoms with Gasteiger partial charge in [0, 0.05) is 6.92 Å². The smallest absolute Gasteiger partial charge is 0.338 e. The molecule has 0 unspecified atom stereocenters. The maximum atomic E-state index is 11.5. The first kappa shape index (κ1) is 14.4. The van der Waals surface area contributed by atoms with E-state index in [1.165, 1.54) is 0 Å². The Balaban J connectivity index is 2.49. The fourth-order valence-electron chi connectivity index (χ4n) is 1.85. The number of hydrogen-bond acceptors (Lipinski definition) is 7. The van der Waals surface area contributed by atoms with Gasteiger partial charge in [-0.05, 0) is 30.2 Å². The summed E-state index contributed by atoms with van der Waals surface area (Å²) in [5.74, 6) is -0.608. The van der Waals surface area contributed by atoms with Gasteiger partial charge in [0.15, 0.2) is 0 Å². The van der Waals surface area contributed by atoms with Gasteiger partial charge in [0.05, 0.1) is 11.3 Å². The summed E-state index contributed by atoms with van der Waals surface area (Å²) in [6.07, 6.45) is 1.22. The number of carboxylic acids is 1. The molecule has 0 fully saturated rings. The summed E-state index contributed by atoms with van der Waals surface area (Å²) in [5, 5.41) is 25.6. The highest BCUT2D eigenvalue weighted by atomic mass is 32.2. The average Bonchev–Trinajstić information content (AvgIpc) is 2.83. The van der Waals surface area contributed by atoms with Gasteiger partial charge in [0.25, 0.3) is 5.22 Å². The van der Waals surface area contributed by atoms with Gasteiger partial charge in [-0.3, -0.25) is 0 Å². The Bertz CT molecular complexity index is 642. The zero-order valence-electron chi connectivity index (χ0n) is 11.4. The van der Waals surface area contributed by atoms with Gasteiger partial charge in [0.2, 0.25) is 5.89 Å². The molecule has 0 aromatic carbocycles. The molecule has 0 bridgehead atoms. The van der Waals surface area contributed by atoms with Crippen LogP contribution in [0.5, 0.6) is 0 Å². The molecule has 2 aromatic heterocycles. The fraction of sp³-hybridized carbons (Fsp3) is 0.417. The Hall–Kier alpha value is -1.96. The summed E-state index contributed by atoms with van der Waals surface area (Å²) in [5.41, 5.74) is 1.57. The van der Waals surface area contributed by atoms with Crippen molar-refractivity contribution in [2.24, 2.45) is 0 Å². The summed E-state index contributed by atoms with van der Waals surface area (Å²) in [6.45, 7) is 5.48. The van der Waals surface area contributed by atoms with Crippen molar-refractivity contribution in [1.29, 1.82) is 0 Å².